The van der Waals surface area contributed by atoms with Crippen LogP contribution in [0, 0.1) is 11.8 Å². The molecule has 4 heteroatoms. The van der Waals surface area contributed by atoms with E-state index in [1.807, 2.05) is 13.8 Å². The van der Waals surface area contributed by atoms with Crippen LogP contribution in [0.1, 0.15) is 53.4 Å². The monoisotopic (exact) mass is 269 g/mol. The molecule has 0 aromatic heterocycles. The fourth-order valence-corrected chi connectivity index (χ4v) is 2.68. The van der Waals surface area contributed by atoms with E-state index in [1.54, 1.807) is 0 Å². The predicted molar refractivity (Wildman–Crippen MR) is 74.8 cm³/mol. The van der Waals surface area contributed by atoms with Gasteiger partial charge in [-0.05, 0) is 31.6 Å². The smallest absolute Gasteiger partial charge is 0.246 e. The molecule has 0 heterocycles. The van der Waals surface area contributed by atoms with E-state index in [9.17, 15) is 9.59 Å². The van der Waals surface area contributed by atoms with Crippen molar-refractivity contribution in [3.63, 3.8) is 0 Å². The molecule has 0 saturated heterocycles. The topological polar surface area (TPSA) is 55.4 Å². The Morgan fingerprint density at radius 2 is 2.00 bits per heavy atom. The van der Waals surface area contributed by atoms with Gasteiger partial charge in [-0.1, -0.05) is 33.6 Å². The SMILES string of the molecule is CC(=O)C(NC(=O)COC1CCCC(C)C1)C(C)C. The van der Waals surface area contributed by atoms with Crippen LogP contribution in [-0.2, 0) is 14.3 Å². The molecule has 1 rings (SSSR count). The number of carbonyl (C=O) groups excluding carboxylic acids is 2. The fraction of sp³-hybridized carbons (Fsp3) is 0.867. The van der Waals surface area contributed by atoms with Crippen LogP contribution in [0.15, 0.2) is 0 Å². The Kier molecular flexibility index (Phi) is 6.49. The maximum absolute atomic E-state index is 11.8. The first kappa shape index (κ1) is 16.2. The van der Waals surface area contributed by atoms with Crippen LogP contribution in [0.2, 0.25) is 0 Å². The Hall–Kier alpha value is -0.900. The van der Waals surface area contributed by atoms with Gasteiger partial charge in [0.2, 0.25) is 5.91 Å². The molecule has 1 aliphatic carbocycles. The summed E-state index contributed by atoms with van der Waals surface area (Å²) in [6.45, 7) is 7.65. The average Bonchev–Trinajstić information content (AvgIpc) is 2.32. The molecule has 0 aromatic rings. The van der Waals surface area contributed by atoms with Crippen molar-refractivity contribution in [2.24, 2.45) is 11.8 Å². The maximum atomic E-state index is 11.8. The first-order valence-corrected chi connectivity index (χ1v) is 7.31. The van der Waals surface area contributed by atoms with Gasteiger partial charge in [0.1, 0.15) is 6.61 Å². The van der Waals surface area contributed by atoms with Gasteiger partial charge in [-0.15, -0.1) is 0 Å². The minimum atomic E-state index is -0.402. The number of carbonyl (C=O) groups is 2. The van der Waals surface area contributed by atoms with Crippen LogP contribution >= 0.6 is 0 Å². The average molecular weight is 269 g/mol. The Balaban J connectivity index is 2.32. The molecule has 0 bridgehead atoms. The minimum Gasteiger partial charge on any atom is -0.368 e. The standard InChI is InChI=1S/C15H27NO3/c1-10(2)15(12(4)17)16-14(18)9-19-13-7-5-6-11(3)8-13/h10-11,13,15H,5-9H2,1-4H3,(H,16,18). The van der Waals surface area contributed by atoms with E-state index in [2.05, 4.69) is 12.2 Å². The predicted octanol–water partition coefficient (Wildman–Crippen LogP) is 2.31. The third-order valence-electron chi connectivity index (χ3n) is 3.76. The molecule has 0 aromatic carbocycles. The van der Waals surface area contributed by atoms with Crippen molar-refractivity contribution < 1.29 is 14.3 Å². The summed E-state index contributed by atoms with van der Waals surface area (Å²) >= 11 is 0. The summed E-state index contributed by atoms with van der Waals surface area (Å²) in [5.41, 5.74) is 0. The molecule has 1 fully saturated rings. The summed E-state index contributed by atoms with van der Waals surface area (Å²) in [5.74, 6) is 0.598. The van der Waals surface area contributed by atoms with Crippen LogP contribution in [0.5, 0.6) is 0 Å². The number of rotatable bonds is 6. The Morgan fingerprint density at radius 3 is 2.53 bits per heavy atom. The molecular weight excluding hydrogens is 242 g/mol. The summed E-state index contributed by atoms with van der Waals surface area (Å²) in [5, 5.41) is 2.75. The van der Waals surface area contributed by atoms with E-state index >= 15 is 0 Å². The molecule has 1 aliphatic rings. The third kappa shape index (κ3) is 5.72. The zero-order valence-electron chi connectivity index (χ0n) is 12.6. The molecule has 0 radical (unpaired) electrons. The normalized spacial score (nSPS) is 25.1. The molecular formula is C15H27NO3. The summed E-state index contributed by atoms with van der Waals surface area (Å²) in [4.78, 5) is 23.2. The quantitative estimate of drug-likeness (QED) is 0.805. The highest BCUT2D eigenvalue weighted by Crippen LogP contribution is 2.25. The van der Waals surface area contributed by atoms with E-state index in [0.717, 1.165) is 12.8 Å². The van der Waals surface area contributed by atoms with Gasteiger partial charge < -0.3 is 10.1 Å². The zero-order chi connectivity index (χ0) is 14.4. The number of ketones is 1. The highest BCUT2D eigenvalue weighted by atomic mass is 16.5. The highest BCUT2D eigenvalue weighted by molar-refractivity contribution is 5.88. The van der Waals surface area contributed by atoms with Gasteiger partial charge in [-0.2, -0.15) is 0 Å². The van der Waals surface area contributed by atoms with Crippen molar-refractivity contribution in [2.75, 3.05) is 6.61 Å². The second kappa shape index (κ2) is 7.63. The zero-order valence-corrected chi connectivity index (χ0v) is 12.6. The fourth-order valence-electron chi connectivity index (χ4n) is 2.68. The second-order valence-corrected chi connectivity index (χ2v) is 6.10. The Labute approximate surface area is 116 Å². The lowest BCUT2D eigenvalue weighted by Gasteiger charge is -2.27. The van der Waals surface area contributed by atoms with Crippen LogP contribution in [0.4, 0.5) is 0 Å². The van der Waals surface area contributed by atoms with Crippen LogP contribution in [0.3, 0.4) is 0 Å². The summed E-state index contributed by atoms with van der Waals surface area (Å²) in [6, 6.07) is -0.402. The van der Waals surface area contributed by atoms with E-state index in [0.29, 0.717) is 5.92 Å². The molecule has 19 heavy (non-hydrogen) atoms. The summed E-state index contributed by atoms with van der Waals surface area (Å²) in [6.07, 6.45) is 4.71. The van der Waals surface area contributed by atoms with Crippen molar-refractivity contribution in [1.82, 2.24) is 5.32 Å². The number of hydrogen-bond acceptors (Lipinski definition) is 3. The van der Waals surface area contributed by atoms with Gasteiger partial charge in [0.05, 0.1) is 12.1 Å². The Morgan fingerprint density at radius 1 is 1.32 bits per heavy atom. The van der Waals surface area contributed by atoms with Gasteiger partial charge >= 0.3 is 0 Å². The van der Waals surface area contributed by atoms with Crippen molar-refractivity contribution in [2.45, 2.75) is 65.5 Å². The molecule has 0 aliphatic heterocycles. The van der Waals surface area contributed by atoms with Gasteiger partial charge in [0.15, 0.2) is 5.78 Å². The van der Waals surface area contributed by atoms with Crippen molar-refractivity contribution >= 4 is 11.7 Å². The number of hydrogen-bond donors (Lipinski definition) is 1. The Bertz CT molecular complexity index is 315. The van der Waals surface area contributed by atoms with E-state index in [4.69, 9.17) is 4.74 Å². The number of ether oxygens (including phenoxy) is 1. The van der Waals surface area contributed by atoms with E-state index in [-0.39, 0.29) is 30.3 Å². The van der Waals surface area contributed by atoms with Crippen LogP contribution in [-0.4, -0.2) is 30.4 Å². The summed E-state index contributed by atoms with van der Waals surface area (Å²) in [7, 11) is 0. The lowest BCUT2D eigenvalue weighted by atomic mass is 9.89. The first-order chi connectivity index (χ1) is 8.90. The van der Waals surface area contributed by atoms with Gasteiger partial charge in [0, 0.05) is 0 Å². The maximum Gasteiger partial charge on any atom is 0.246 e. The molecule has 1 saturated carbocycles. The van der Waals surface area contributed by atoms with E-state index in [1.165, 1.54) is 19.8 Å². The molecule has 3 atom stereocenters. The lowest BCUT2D eigenvalue weighted by molar-refractivity contribution is -0.133. The molecule has 4 nitrogen and oxygen atoms in total. The lowest BCUT2D eigenvalue weighted by Crippen LogP contribution is -2.45. The minimum absolute atomic E-state index is 0.00496. The van der Waals surface area contributed by atoms with E-state index < -0.39 is 6.04 Å². The number of Topliss-reactive ketones (excluding diaryl/α,β-unsaturated/α-hetero) is 1. The molecule has 1 N–H and O–H groups in total. The first-order valence-electron chi connectivity index (χ1n) is 7.31. The number of nitrogens with one attached hydrogen (secondary N) is 1. The van der Waals surface area contributed by atoms with Crippen molar-refractivity contribution in [1.29, 1.82) is 0 Å². The second-order valence-electron chi connectivity index (χ2n) is 6.10. The molecule has 1 amide bonds. The molecule has 0 spiro atoms. The van der Waals surface area contributed by atoms with Crippen LogP contribution in [0.25, 0.3) is 0 Å². The van der Waals surface area contributed by atoms with Crippen molar-refractivity contribution in [3.05, 3.63) is 0 Å². The van der Waals surface area contributed by atoms with Gasteiger partial charge in [0.25, 0.3) is 0 Å². The largest absolute Gasteiger partial charge is 0.368 e. The number of amides is 1. The van der Waals surface area contributed by atoms with Crippen LogP contribution < -0.4 is 5.32 Å². The van der Waals surface area contributed by atoms with Gasteiger partial charge in [-0.3, -0.25) is 9.59 Å². The highest BCUT2D eigenvalue weighted by Gasteiger charge is 2.23. The van der Waals surface area contributed by atoms with Crippen molar-refractivity contribution in [3.8, 4) is 0 Å². The molecule has 110 valence electrons. The third-order valence-corrected chi connectivity index (χ3v) is 3.76. The van der Waals surface area contributed by atoms with Gasteiger partial charge in [-0.25, -0.2) is 0 Å². The summed E-state index contributed by atoms with van der Waals surface area (Å²) < 4.78 is 5.65. The molecule has 3 unspecified atom stereocenters.